The molecule has 114 valence electrons. The average molecular weight is 282 g/mol. The van der Waals surface area contributed by atoms with E-state index in [-0.39, 0.29) is 18.6 Å². The van der Waals surface area contributed by atoms with Crippen molar-refractivity contribution in [3.8, 4) is 0 Å². The Morgan fingerprint density at radius 2 is 2.00 bits per heavy atom. The third kappa shape index (κ3) is 3.25. The minimum atomic E-state index is -0.937. The molecule has 0 aliphatic heterocycles. The summed E-state index contributed by atoms with van der Waals surface area (Å²) in [5.41, 5.74) is -0.937. The molecule has 0 saturated heterocycles. The number of urea groups is 1. The van der Waals surface area contributed by atoms with E-state index in [1.807, 2.05) is 0 Å². The van der Waals surface area contributed by atoms with Crippen molar-refractivity contribution in [3.05, 3.63) is 0 Å². The van der Waals surface area contributed by atoms with Crippen molar-refractivity contribution in [1.29, 1.82) is 0 Å². The number of carboxylic acid groups (broad SMARTS) is 1. The van der Waals surface area contributed by atoms with E-state index in [4.69, 9.17) is 5.11 Å². The normalized spacial score (nSPS) is 30.1. The third-order valence-electron chi connectivity index (χ3n) is 5.06. The summed E-state index contributed by atoms with van der Waals surface area (Å²) in [4.78, 5) is 22.9. The Hall–Kier alpha value is -1.26. The molecule has 0 radical (unpaired) electrons. The van der Waals surface area contributed by atoms with Gasteiger partial charge in [0.1, 0.15) is 0 Å². The predicted octanol–water partition coefficient (Wildman–Crippen LogP) is 2.22. The molecule has 3 N–H and O–H groups in total. The van der Waals surface area contributed by atoms with E-state index in [2.05, 4.69) is 17.6 Å². The van der Waals surface area contributed by atoms with E-state index in [0.717, 1.165) is 11.8 Å². The van der Waals surface area contributed by atoms with E-state index < -0.39 is 11.4 Å². The van der Waals surface area contributed by atoms with Gasteiger partial charge < -0.3 is 15.7 Å². The second-order valence-corrected chi connectivity index (χ2v) is 7.14. The van der Waals surface area contributed by atoms with E-state index in [9.17, 15) is 9.59 Å². The van der Waals surface area contributed by atoms with Crippen LogP contribution >= 0.6 is 0 Å². The molecular weight excluding hydrogens is 256 g/mol. The van der Waals surface area contributed by atoms with Crippen molar-refractivity contribution in [2.45, 2.75) is 52.5 Å². The van der Waals surface area contributed by atoms with Gasteiger partial charge in [-0.1, -0.05) is 6.42 Å². The molecule has 5 heteroatoms. The lowest BCUT2D eigenvalue weighted by Gasteiger charge is -2.29. The monoisotopic (exact) mass is 282 g/mol. The average Bonchev–Trinajstić information content (AvgIpc) is 2.98. The van der Waals surface area contributed by atoms with Gasteiger partial charge in [0.2, 0.25) is 0 Å². The second kappa shape index (κ2) is 5.62. The largest absolute Gasteiger partial charge is 0.481 e. The summed E-state index contributed by atoms with van der Waals surface area (Å²) in [5.74, 6) is 1.32. The number of nitrogens with one attached hydrogen (secondary N) is 2. The number of carboxylic acids is 1. The Bertz CT molecular complexity index is 395. The molecule has 4 unspecified atom stereocenters. The molecule has 0 aromatic carbocycles. The van der Waals surface area contributed by atoms with Gasteiger partial charge in [-0.25, -0.2) is 4.79 Å². The number of hydrogen-bond acceptors (Lipinski definition) is 2. The molecule has 0 spiro atoms. The van der Waals surface area contributed by atoms with Gasteiger partial charge in [0, 0.05) is 12.6 Å². The summed E-state index contributed by atoms with van der Waals surface area (Å²) in [6, 6.07) is -0.0900. The van der Waals surface area contributed by atoms with Gasteiger partial charge in [-0.3, -0.25) is 4.79 Å². The molecule has 2 aliphatic carbocycles. The van der Waals surface area contributed by atoms with Gasteiger partial charge >= 0.3 is 12.0 Å². The summed E-state index contributed by atoms with van der Waals surface area (Å²) in [7, 11) is 0. The molecule has 2 bridgehead atoms. The number of rotatable bonds is 5. The molecule has 0 aromatic rings. The fourth-order valence-electron chi connectivity index (χ4n) is 3.65. The SMILES string of the molecule is CC(NC(=O)NCC(C)(C)C(=O)O)C1CC2CCC1C2. The van der Waals surface area contributed by atoms with Crippen LogP contribution in [0.1, 0.15) is 46.5 Å². The van der Waals surface area contributed by atoms with Crippen LogP contribution in [-0.4, -0.2) is 29.7 Å². The fourth-order valence-corrected chi connectivity index (χ4v) is 3.65. The van der Waals surface area contributed by atoms with Crippen LogP contribution in [0, 0.1) is 23.2 Å². The highest BCUT2D eigenvalue weighted by Crippen LogP contribution is 2.49. The Morgan fingerprint density at radius 3 is 2.50 bits per heavy atom. The van der Waals surface area contributed by atoms with Crippen molar-refractivity contribution in [2.24, 2.45) is 23.2 Å². The molecule has 2 amide bonds. The highest BCUT2D eigenvalue weighted by molar-refractivity contribution is 5.77. The molecule has 2 saturated carbocycles. The highest BCUT2D eigenvalue weighted by atomic mass is 16.4. The first kappa shape index (κ1) is 15.1. The minimum absolute atomic E-state index is 0.137. The van der Waals surface area contributed by atoms with Crippen molar-refractivity contribution in [3.63, 3.8) is 0 Å². The van der Waals surface area contributed by atoms with Crippen LogP contribution in [0.5, 0.6) is 0 Å². The number of fused-ring (bicyclic) bond motifs is 2. The lowest BCUT2D eigenvalue weighted by Crippen LogP contribution is -2.48. The lowest BCUT2D eigenvalue weighted by molar-refractivity contribution is -0.146. The van der Waals surface area contributed by atoms with Crippen LogP contribution in [0.3, 0.4) is 0 Å². The van der Waals surface area contributed by atoms with E-state index >= 15 is 0 Å². The number of hydrogen-bond donors (Lipinski definition) is 3. The number of carbonyl (C=O) groups is 2. The van der Waals surface area contributed by atoms with Crippen molar-refractivity contribution >= 4 is 12.0 Å². The summed E-state index contributed by atoms with van der Waals surface area (Å²) in [6.45, 7) is 5.41. The van der Waals surface area contributed by atoms with Crippen LogP contribution in [0.2, 0.25) is 0 Å². The van der Waals surface area contributed by atoms with Gasteiger partial charge in [-0.2, -0.15) is 0 Å². The maximum atomic E-state index is 11.9. The van der Waals surface area contributed by atoms with Gasteiger partial charge in [-0.15, -0.1) is 0 Å². The van der Waals surface area contributed by atoms with E-state index in [1.165, 1.54) is 25.7 Å². The summed E-state index contributed by atoms with van der Waals surface area (Å²) >= 11 is 0. The van der Waals surface area contributed by atoms with E-state index in [0.29, 0.717) is 5.92 Å². The highest BCUT2D eigenvalue weighted by Gasteiger charge is 2.42. The molecule has 0 aromatic heterocycles. The molecule has 20 heavy (non-hydrogen) atoms. The molecule has 0 heterocycles. The van der Waals surface area contributed by atoms with Crippen LogP contribution in [0.15, 0.2) is 0 Å². The van der Waals surface area contributed by atoms with Crippen molar-refractivity contribution in [2.75, 3.05) is 6.54 Å². The third-order valence-corrected chi connectivity index (χ3v) is 5.06. The number of amides is 2. The molecule has 4 atom stereocenters. The lowest BCUT2D eigenvalue weighted by atomic mass is 9.84. The summed E-state index contributed by atoms with van der Waals surface area (Å²) in [6.07, 6.45) is 5.21. The molecular formula is C15H26N2O3. The summed E-state index contributed by atoms with van der Waals surface area (Å²) < 4.78 is 0. The predicted molar refractivity (Wildman–Crippen MR) is 76.4 cm³/mol. The second-order valence-electron chi connectivity index (χ2n) is 7.14. The Balaban J connectivity index is 1.76. The summed E-state index contributed by atoms with van der Waals surface area (Å²) in [5, 5.41) is 14.7. The molecule has 2 fully saturated rings. The zero-order chi connectivity index (χ0) is 14.9. The van der Waals surface area contributed by atoms with Crippen LogP contribution in [-0.2, 0) is 4.79 Å². The van der Waals surface area contributed by atoms with E-state index in [1.54, 1.807) is 13.8 Å². The Morgan fingerprint density at radius 1 is 1.30 bits per heavy atom. The fraction of sp³-hybridized carbons (Fsp3) is 0.867. The molecule has 5 nitrogen and oxygen atoms in total. The maximum Gasteiger partial charge on any atom is 0.315 e. The smallest absolute Gasteiger partial charge is 0.315 e. The van der Waals surface area contributed by atoms with Crippen LogP contribution < -0.4 is 10.6 Å². The molecule has 2 rings (SSSR count). The zero-order valence-electron chi connectivity index (χ0n) is 12.6. The van der Waals surface area contributed by atoms with Gasteiger partial charge in [0.15, 0.2) is 0 Å². The van der Waals surface area contributed by atoms with Crippen molar-refractivity contribution in [1.82, 2.24) is 10.6 Å². The van der Waals surface area contributed by atoms with Crippen molar-refractivity contribution < 1.29 is 14.7 Å². The van der Waals surface area contributed by atoms with Crippen LogP contribution in [0.4, 0.5) is 4.79 Å². The minimum Gasteiger partial charge on any atom is -0.481 e. The first-order valence-electron chi connectivity index (χ1n) is 7.57. The van der Waals surface area contributed by atoms with Crippen LogP contribution in [0.25, 0.3) is 0 Å². The quantitative estimate of drug-likeness (QED) is 0.723. The maximum absolute atomic E-state index is 11.9. The Kier molecular flexibility index (Phi) is 4.25. The topological polar surface area (TPSA) is 78.4 Å². The number of carbonyl (C=O) groups excluding carboxylic acids is 1. The molecule has 2 aliphatic rings. The first-order chi connectivity index (χ1) is 9.29. The zero-order valence-corrected chi connectivity index (χ0v) is 12.6. The van der Waals surface area contributed by atoms with Gasteiger partial charge in [0.05, 0.1) is 5.41 Å². The van der Waals surface area contributed by atoms with Gasteiger partial charge in [-0.05, 0) is 57.8 Å². The van der Waals surface area contributed by atoms with Gasteiger partial charge in [0.25, 0.3) is 0 Å². The standard InChI is InChI=1S/C15H26N2O3/c1-9(12-7-10-4-5-11(12)6-10)17-14(20)16-8-15(2,3)13(18)19/h9-12H,4-8H2,1-3H3,(H,18,19)(H2,16,17,20). The Labute approximate surface area is 120 Å². The number of aliphatic carboxylic acids is 1. The first-order valence-corrected chi connectivity index (χ1v) is 7.57.